The van der Waals surface area contributed by atoms with E-state index < -0.39 is 0 Å². The van der Waals surface area contributed by atoms with Gasteiger partial charge < -0.3 is 9.88 Å². The quantitative estimate of drug-likeness (QED) is 0.768. The predicted octanol–water partition coefficient (Wildman–Crippen LogP) is 2.89. The number of nitrogens with one attached hydrogen (secondary N) is 1. The Kier molecular flexibility index (Phi) is 4.11. The summed E-state index contributed by atoms with van der Waals surface area (Å²) in [5.41, 5.74) is 2.60. The van der Waals surface area contributed by atoms with Crippen molar-refractivity contribution in [2.75, 3.05) is 0 Å². The van der Waals surface area contributed by atoms with Crippen LogP contribution in [0, 0.1) is 19.8 Å². The SMILES string of the molecule is Cc1ccnc(C(NC(=O)c2sc3ncn(C)c(=O)c3c2C)C2CC2)c1. The number of nitrogens with zero attached hydrogens (tertiary/aromatic N) is 3. The lowest BCUT2D eigenvalue weighted by atomic mass is 10.1. The summed E-state index contributed by atoms with van der Waals surface area (Å²) in [7, 11) is 1.66. The lowest BCUT2D eigenvalue weighted by molar-refractivity contribution is 0.0934. The van der Waals surface area contributed by atoms with Gasteiger partial charge in [0.15, 0.2) is 0 Å². The predicted molar refractivity (Wildman–Crippen MR) is 102 cm³/mol. The second-order valence-corrected chi connectivity index (χ2v) is 7.94. The van der Waals surface area contributed by atoms with Crippen molar-refractivity contribution in [1.82, 2.24) is 19.9 Å². The number of thiophene rings is 1. The summed E-state index contributed by atoms with van der Waals surface area (Å²) in [5, 5.41) is 3.68. The van der Waals surface area contributed by atoms with Gasteiger partial charge in [-0.1, -0.05) is 0 Å². The normalized spacial score (nSPS) is 15.2. The van der Waals surface area contributed by atoms with Gasteiger partial charge in [-0.25, -0.2) is 4.98 Å². The Morgan fingerprint density at radius 3 is 2.81 bits per heavy atom. The van der Waals surface area contributed by atoms with Gasteiger partial charge in [0.05, 0.1) is 28.3 Å². The minimum absolute atomic E-state index is 0.0946. The fraction of sp³-hybridized carbons (Fsp3) is 0.368. The Bertz CT molecular complexity index is 1070. The molecular weight excluding hydrogens is 348 g/mol. The Hall–Kier alpha value is -2.54. The van der Waals surface area contributed by atoms with Crippen LogP contribution in [-0.4, -0.2) is 20.4 Å². The van der Waals surface area contributed by atoms with E-state index >= 15 is 0 Å². The number of aryl methyl sites for hydroxylation is 3. The summed E-state index contributed by atoms with van der Waals surface area (Å²) in [4.78, 5) is 35.2. The molecule has 0 spiro atoms. The molecule has 1 unspecified atom stereocenters. The number of carbonyl (C=O) groups is 1. The van der Waals surface area contributed by atoms with Crippen LogP contribution >= 0.6 is 11.3 Å². The second-order valence-electron chi connectivity index (χ2n) is 6.94. The number of aromatic nitrogens is 3. The molecule has 3 aromatic heterocycles. The van der Waals surface area contributed by atoms with Crippen LogP contribution in [0.3, 0.4) is 0 Å². The number of hydrogen-bond donors (Lipinski definition) is 1. The number of fused-ring (bicyclic) bond motifs is 1. The highest BCUT2D eigenvalue weighted by atomic mass is 32.1. The molecule has 134 valence electrons. The van der Waals surface area contributed by atoms with Crippen molar-refractivity contribution in [2.45, 2.75) is 32.7 Å². The largest absolute Gasteiger partial charge is 0.343 e. The topological polar surface area (TPSA) is 76.9 Å². The van der Waals surface area contributed by atoms with E-state index in [-0.39, 0.29) is 17.5 Å². The molecule has 4 rings (SSSR count). The van der Waals surface area contributed by atoms with Crippen LogP contribution in [-0.2, 0) is 7.05 Å². The van der Waals surface area contributed by atoms with Gasteiger partial charge in [0.25, 0.3) is 11.5 Å². The number of pyridine rings is 1. The highest BCUT2D eigenvalue weighted by Crippen LogP contribution is 2.41. The van der Waals surface area contributed by atoms with E-state index in [4.69, 9.17) is 0 Å². The molecule has 0 bridgehead atoms. The molecule has 1 N–H and O–H groups in total. The summed E-state index contributed by atoms with van der Waals surface area (Å²) in [6, 6.07) is 3.88. The Labute approximate surface area is 154 Å². The maximum absolute atomic E-state index is 13.0. The van der Waals surface area contributed by atoms with Gasteiger partial charge in [0.1, 0.15) is 4.83 Å². The van der Waals surface area contributed by atoms with E-state index in [1.165, 1.54) is 22.2 Å². The van der Waals surface area contributed by atoms with E-state index in [0.717, 1.165) is 24.1 Å². The standard InChI is InChI=1S/C19H20N4O2S/c1-10-6-7-20-13(8-10)15(12-4-5-12)22-17(24)16-11(2)14-18(26-16)21-9-23(3)19(14)25/h6-9,12,15H,4-5H2,1-3H3,(H,22,24). The zero-order valence-corrected chi connectivity index (χ0v) is 15.8. The monoisotopic (exact) mass is 368 g/mol. The van der Waals surface area contributed by atoms with Gasteiger partial charge in [-0.15, -0.1) is 11.3 Å². The molecule has 6 nitrogen and oxygen atoms in total. The van der Waals surface area contributed by atoms with Crippen molar-refractivity contribution in [3.05, 3.63) is 56.7 Å². The first-order valence-electron chi connectivity index (χ1n) is 8.64. The second kappa shape index (κ2) is 6.32. The average molecular weight is 368 g/mol. The van der Waals surface area contributed by atoms with Gasteiger partial charge in [0, 0.05) is 13.2 Å². The first-order valence-corrected chi connectivity index (χ1v) is 9.45. The molecule has 3 aromatic rings. The summed E-state index contributed by atoms with van der Waals surface area (Å²) in [6.45, 7) is 3.84. The zero-order valence-electron chi connectivity index (χ0n) is 14.9. The third-order valence-electron chi connectivity index (χ3n) is 4.85. The van der Waals surface area contributed by atoms with E-state index in [1.54, 1.807) is 13.2 Å². The van der Waals surface area contributed by atoms with E-state index in [1.807, 2.05) is 26.0 Å². The lowest BCUT2D eigenvalue weighted by Crippen LogP contribution is -2.30. The van der Waals surface area contributed by atoms with Crippen LogP contribution < -0.4 is 10.9 Å². The zero-order chi connectivity index (χ0) is 18.4. The van der Waals surface area contributed by atoms with Gasteiger partial charge in [-0.2, -0.15) is 0 Å². The van der Waals surface area contributed by atoms with Crippen LogP contribution in [0.1, 0.15) is 45.4 Å². The number of amides is 1. The fourth-order valence-corrected chi connectivity index (χ4v) is 4.27. The van der Waals surface area contributed by atoms with Crippen molar-refractivity contribution in [3.63, 3.8) is 0 Å². The molecule has 1 atom stereocenters. The van der Waals surface area contributed by atoms with Crippen LogP contribution in [0.2, 0.25) is 0 Å². The molecule has 0 aliphatic heterocycles. The molecule has 0 aromatic carbocycles. The molecule has 3 heterocycles. The highest BCUT2D eigenvalue weighted by molar-refractivity contribution is 7.20. The Morgan fingerprint density at radius 1 is 1.35 bits per heavy atom. The molecule has 1 saturated carbocycles. The molecule has 0 radical (unpaired) electrons. The fourth-order valence-electron chi connectivity index (χ4n) is 3.22. The van der Waals surface area contributed by atoms with Crippen molar-refractivity contribution < 1.29 is 4.79 Å². The minimum Gasteiger partial charge on any atom is -0.343 e. The third kappa shape index (κ3) is 2.92. The smallest absolute Gasteiger partial charge is 0.262 e. The number of carbonyl (C=O) groups excluding carboxylic acids is 1. The molecule has 1 aliphatic rings. The van der Waals surface area contributed by atoms with E-state index in [2.05, 4.69) is 15.3 Å². The van der Waals surface area contributed by atoms with Crippen LogP contribution in [0.4, 0.5) is 0 Å². The van der Waals surface area contributed by atoms with Gasteiger partial charge in [0.2, 0.25) is 0 Å². The average Bonchev–Trinajstić information content (AvgIpc) is 3.39. The van der Waals surface area contributed by atoms with Crippen molar-refractivity contribution in [3.8, 4) is 0 Å². The van der Waals surface area contributed by atoms with Crippen LogP contribution in [0.15, 0.2) is 29.5 Å². The molecule has 1 fully saturated rings. The van der Waals surface area contributed by atoms with Crippen LogP contribution in [0.25, 0.3) is 10.2 Å². The number of hydrogen-bond acceptors (Lipinski definition) is 5. The molecule has 1 amide bonds. The molecular formula is C19H20N4O2S. The van der Waals surface area contributed by atoms with E-state index in [9.17, 15) is 9.59 Å². The van der Waals surface area contributed by atoms with Gasteiger partial charge >= 0.3 is 0 Å². The molecule has 1 aliphatic carbocycles. The first-order chi connectivity index (χ1) is 12.5. The Balaban J connectivity index is 1.69. The summed E-state index contributed by atoms with van der Waals surface area (Å²) in [6.07, 6.45) is 5.46. The first kappa shape index (κ1) is 16.9. The molecule has 0 saturated heterocycles. The minimum atomic E-state index is -0.159. The van der Waals surface area contributed by atoms with Crippen LogP contribution in [0.5, 0.6) is 0 Å². The Morgan fingerprint density at radius 2 is 2.12 bits per heavy atom. The van der Waals surface area contributed by atoms with Crippen molar-refractivity contribution >= 4 is 27.5 Å². The number of rotatable bonds is 4. The van der Waals surface area contributed by atoms with Crippen molar-refractivity contribution in [2.24, 2.45) is 13.0 Å². The summed E-state index contributed by atoms with van der Waals surface area (Å²) >= 11 is 1.27. The van der Waals surface area contributed by atoms with Gasteiger partial charge in [-0.3, -0.25) is 14.6 Å². The molecule has 26 heavy (non-hydrogen) atoms. The maximum atomic E-state index is 13.0. The van der Waals surface area contributed by atoms with Gasteiger partial charge in [-0.05, 0) is 55.9 Å². The summed E-state index contributed by atoms with van der Waals surface area (Å²) in [5.74, 6) is 0.265. The molecule has 7 heteroatoms. The third-order valence-corrected chi connectivity index (χ3v) is 6.05. The van der Waals surface area contributed by atoms with E-state index in [0.29, 0.717) is 26.6 Å². The van der Waals surface area contributed by atoms with Crippen molar-refractivity contribution in [1.29, 1.82) is 0 Å². The lowest BCUT2D eigenvalue weighted by Gasteiger charge is -2.18. The maximum Gasteiger partial charge on any atom is 0.262 e. The highest BCUT2D eigenvalue weighted by Gasteiger charge is 2.35. The summed E-state index contributed by atoms with van der Waals surface area (Å²) < 4.78 is 1.44.